The Morgan fingerprint density at radius 2 is 2.35 bits per heavy atom. The topological polar surface area (TPSA) is 75.3 Å². The molecule has 3 unspecified atom stereocenters. The zero-order chi connectivity index (χ0) is 12.6. The van der Waals surface area contributed by atoms with Crippen molar-refractivity contribution in [2.75, 3.05) is 6.54 Å². The van der Waals surface area contributed by atoms with Crippen LogP contribution in [-0.2, 0) is 0 Å². The number of aryl methyl sites for hydroxylation is 1. The van der Waals surface area contributed by atoms with Gasteiger partial charge in [-0.2, -0.15) is 0 Å². The molecular weight excluding hydrogens is 236 g/mol. The third kappa shape index (κ3) is 2.51. The lowest BCUT2D eigenvalue weighted by atomic mass is 9.89. The summed E-state index contributed by atoms with van der Waals surface area (Å²) in [6.45, 7) is 4.80. The Labute approximate surface area is 105 Å². The summed E-state index contributed by atoms with van der Waals surface area (Å²) in [7, 11) is 0. The van der Waals surface area contributed by atoms with Gasteiger partial charge >= 0.3 is 5.97 Å². The van der Waals surface area contributed by atoms with Crippen LogP contribution in [0.2, 0.25) is 0 Å². The highest BCUT2D eigenvalue weighted by molar-refractivity contribution is 7.12. The van der Waals surface area contributed by atoms with Crippen molar-refractivity contribution >= 4 is 17.3 Å². The van der Waals surface area contributed by atoms with Crippen molar-refractivity contribution in [3.63, 3.8) is 0 Å². The number of rotatable bonds is 2. The van der Waals surface area contributed by atoms with Gasteiger partial charge in [-0.15, -0.1) is 11.3 Å². The van der Waals surface area contributed by atoms with Crippen molar-refractivity contribution in [1.82, 2.24) is 5.32 Å². The monoisotopic (exact) mass is 254 g/mol. The molecule has 5 heteroatoms. The van der Waals surface area contributed by atoms with Crippen LogP contribution >= 0.6 is 11.3 Å². The summed E-state index contributed by atoms with van der Waals surface area (Å²) >= 11 is 1.57. The number of nitrogens with one attached hydrogen (secondary N) is 1. The molecule has 0 aromatic carbocycles. The van der Waals surface area contributed by atoms with E-state index in [9.17, 15) is 4.79 Å². The van der Waals surface area contributed by atoms with E-state index in [1.807, 2.05) is 6.92 Å². The van der Waals surface area contributed by atoms with Crippen LogP contribution in [0.15, 0.2) is 6.07 Å². The summed E-state index contributed by atoms with van der Waals surface area (Å²) in [4.78, 5) is 13.0. The number of hydrogen-bond acceptors (Lipinski definition) is 4. The van der Waals surface area contributed by atoms with Gasteiger partial charge in [0, 0.05) is 28.4 Å². The summed E-state index contributed by atoms with van der Waals surface area (Å²) in [6, 6.07) is 2.25. The van der Waals surface area contributed by atoms with Gasteiger partial charge in [-0.3, -0.25) is 0 Å². The van der Waals surface area contributed by atoms with Crippen molar-refractivity contribution in [3.05, 3.63) is 21.4 Å². The highest BCUT2D eigenvalue weighted by Crippen LogP contribution is 2.33. The first-order chi connectivity index (χ1) is 7.99. The molecule has 1 aliphatic heterocycles. The second kappa shape index (κ2) is 4.76. The lowest BCUT2D eigenvalue weighted by Gasteiger charge is -2.32. The molecule has 0 aliphatic carbocycles. The van der Waals surface area contributed by atoms with Crippen molar-refractivity contribution in [2.45, 2.75) is 32.4 Å². The maximum absolute atomic E-state index is 11.0. The highest BCUT2D eigenvalue weighted by atomic mass is 32.1. The van der Waals surface area contributed by atoms with E-state index >= 15 is 0 Å². The Bertz CT molecular complexity index is 430. The summed E-state index contributed by atoms with van der Waals surface area (Å²) in [6.07, 6.45) is 0.972. The predicted octanol–water partition coefficient (Wildman–Crippen LogP) is 1.75. The molecular formula is C12H18N2O2S. The van der Waals surface area contributed by atoms with E-state index in [2.05, 4.69) is 12.2 Å². The molecule has 2 rings (SSSR count). The predicted molar refractivity (Wildman–Crippen MR) is 68.5 cm³/mol. The van der Waals surface area contributed by atoms with Crippen LogP contribution in [0, 0.1) is 12.8 Å². The molecule has 0 amide bonds. The molecule has 2 heterocycles. The van der Waals surface area contributed by atoms with Gasteiger partial charge in [-0.05, 0) is 25.3 Å². The number of piperidine rings is 1. The largest absolute Gasteiger partial charge is 0.478 e. The van der Waals surface area contributed by atoms with E-state index in [1.165, 1.54) is 0 Å². The van der Waals surface area contributed by atoms with E-state index in [0.717, 1.165) is 22.7 Å². The van der Waals surface area contributed by atoms with E-state index in [0.29, 0.717) is 11.5 Å². The summed E-state index contributed by atoms with van der Waals surface area (Å²) < 4.78 is 0. The van der Waals surface area contributed by atoms with E-state index in [1.54, 1.807) is 17.4 Å². The fourth-order valence-corrected chi connectivity index (χ4v) is 3.32. The Morgan fingerprint density at radius 1 is 1.65 bits per heavy atom. The first kappa shape index (κ1) is 12.5. The number of nitrogens with two attached hydrogens (primary N) is 1. The molecule has 0 saturated carbocycles. The van der Waals surface area contributed by atoms with Gasteiger partial charge < -0.3 is 16.2 Å². The molecule has 0 spiro atoms. The summed E-state index contributed by atoms with van der Waals surface area (Å²) in [5.74, 6) is -0.373. The van der Waals surface area contributed by atoms with Gasteiger partial charge in [0.1, 0.15) is 0 Å². The average Bonchev–Trinajstić information content (AvgIpc) is 2.64. The summed E-state index contributed by atoms with van der Waals surface area (Å²) in [5.41, 5.74) is 6.37. The van der Waals surface area contributed by atoms with Crippen LogP contribution in [-0.4, -0.2) is 23.7 Å². The van der Waals surface area contributed by atoms with Crippen molar-refractivity contribution < 1.29 is 9.90 Å². The second-order valence-corrected chi connectivity index (χ2v) is 6.05. The fraction of sp³-hybridized carbons (Fsp3) is 0.583. The second-order valence-electron chi connectivity index (χ2n) is 4.76. The molecule has 1 aliphatic rings. The average molecular weight is 254 g/mol. The molecule has 17 heavy (non-hydrogen) atoms. The molecule has 4 nitrogen and oxygen atoms in total. The Morgan fingerprint density at radius 3 is 2.88 bits per heavy atom. The summed E-state index contributed by atoms with van der Waals surface area (Å²) in [5, 5.41) is 12.4. The van der Waals surface area contributed by atoms with E-state index in [4.69, 9.17) is 10.8 Å². The smallest absolute Gasteiger partial charge is 0.336 e. The highest BCUT2D eigenvalue weighted by Gasteiger charge is 2.27. The number of aromatic carboxylic acids is 1. The van der Waals surface area contributed by atoms with Gasteiger partial charge in [0.05, 0.1) is 5.56 Å². The normalized spacial score (nSPS) is 29.2. The Balaban J connectivity index is 2.18. The molecule has 4 N–H and O–H groups in total. The Hall–Kier alpha value is -0.910. The first-order valence-corrected chi connectivity index (χ1v) is 6.63. The SMILES string of the molecule is Cc1sc(C2CC(C)C(N)CN2)cc1C(=O)O. The Kier molecular flexibility index (Phi) is 3.51. The molecule has 1 saturated heterocycles. The zero-order valence-electron chi connectivity index (χ0n) is 10.1. The minimum Gasteiger partial charge on any atom is -0.478 e. The maximum Gasteiger partial charge on any atom is 0.336 e. The van der Waals surface area contributed by atoms with Gasteiger partial charge in [-0.1, -0.05) is 6.92 Å². The number of thiophene rings is 1. The molecule has 94 valence electrons. The standard InChI is InChI=1S/C12H18N2O2S/c1-6-3-10(14-5-9(6)13)11-4-8(12(15)16)7(2)17-11/h4,6,9-10,14H,3,5,13H2,1-2H3,(H,15,16). The van der Waals surface area contributed by atoms with Crippen LogP contribution in [0.5, 0.6) is 0 Å². The van der Waals surface area contributed by atoms with Crippen molar-refractivity contribution in [3.8, 4) is 0 Å². The van der Waals surface area contributed by atoms with E-state index < -0.39 is 5.97 Å². The van der Waals surface area contributed by atoms with Crippen LogP contribution in [0.1, 0.15) is 39.5 Å². The van der Waals surface area contributed by atoms with Gasteiger partial charge in [0.25, 0.3) is 0 Å². The van der Waals surface area contributed by atoms with Crippen LogP contribution < -0.4 is 11.1 Å². The fourth-order valence-electron chi connectivity index (χ4n) is 2.22. The zero-order valence-corrected chi connectivity index (χ0v) is 10.9. The molecule has 1 aromatic rings. The third-order valence-electron chi connectivity index (χ3n) is 3.45. The number of carbonyl (C=O) groups is 1. The van der Waals surface area contributed by atoms with Gasteiger partial charge in [-0.25, -0.2) is 4.79 Å². The lowest BCUT2D eigenvalue weighted by Crippen LogP contribution is -2.46. The van der Waals surface area contributed by atoms with Crippen LogP contribution in [0.3, 0.4) is 0 Å². The quantitative estimate of drug-likeness (QED) is 0.751. The minimum atomic E-state index is -0.842. The molecule has 1 aromatic heterocycles. The first-order valence-electron chi connectivity index (χ1n) is 5.81. The minimum absolute atomic E-state index is 0.200. The van der Waals surface area contributed by atoms with Crippen LogP contribution in [0.4, 0.5) is 0 Å². The van der Waals surface area contributed by atoms with Crippen molar-refractivity contribution in [1.29, 1.82) is 0 Å². The van der Waals surface area contributed by atoms with E-state index in [-0.39, 0.29) is 12.1 Å². The number of carboxylic acids is 1. The molecule has 1 fully saturated rings. The molecule has 0 bridgehead atoms. The van der Waals surface area contributed by atoms with Crippen LogP contribution in [0.25, 0.3) is 0 Å². The molecule has 0 radical (unpaired) electrons. The van der Waals surface area contributed by atoms with Gasteiger partial charge in [0.15, 0.2) is 0 Å². The third-order valence-corrected chi connectivity index (χ3v) is 4.61. The van der Waals surface area contributed by atoms with Crippen molar-refractivity contribution in [2.24, 2.45) is 11.7 Å². The van der Waals surface area contributed by atoms with Gasteiger partial charge in [0.2, 0.25) is 0 Å². The number of hydrogen-bond donors (Lipinski definition) is 3. The maximum atomic E-state index is 11.0. The molecule has 3 atom stereocenters. The lowest BCUT2D eigenvalue weighted by molar-refractivity contribution is 0.0696. The number of carboxylic acid groups (broad SMARTS) is 1.